The third-order valence-electron chi connectivity index (χ3n) is 5.24. The first-order valence-corrected chi connectivity index (χ1v) is 11.6. The van der Waals surface area contributed by atoms with Crippen molar-refractivity contribution in [3.63, 3.8) is 0 Å². The highest BCUT2D eigenvalue weighted by molar-refractivity contribution is 8.26. The van der Waals surface area contributed by atoms with E-state index in [9.17, 15) is 10.1 Å². The zero-order valence-corrected chi connectivity index (χ0v) is 20.0. The van der Waals surface area contributed by atoms with Crippen molar-refractivity contribution in [3.05, 3.63) is 52.4 Å². The molecular weight excluding hydrogens is 460 g/mol. The number of likely N-dealkylation sites (N-methyl/N-ethyl adjacent to an activating group) is 1. The summed E-state index contributed by atoms with van der Waals surface area (Å²) >= 11 is 6.35. The highest BCUT2D eigenvalue weighted by Gasteiger charge is 2.30. The Morgan fingerprint density at radius 2 is 2.00 bits per heavy atom. The van der Waals surface area contributed by atoms with Crippen LogP contribution in [0.25, 0.3) is 6.08 Å². The molecule has 10 heteroatoms. The van der Waals surface area contributed by atoms with Crippen molar-refractivity contribution in [1.82, 2.24) is 9.88 Å². The second-order valence-electron chi connectivity index (χ2n) is 7.70. The molecule has 1 N–H and O–H groups in total. The highest BCUT2D eigenvalue weighted by Crippen LogP contribution is 2.33. The molecule has 4 rings (SSSR count). The first-order chi connectivity index (χ1) is 15.8. The van der Waals surface area contributed by atoms with Crippen LogP contribution in [0.2, 0.25) is 0 Å². The van der Waals surface area contributed by atoms with Crippen molar-refractivity contribution in [2.24, 2.45) is 5.92 Å². The van der Waals surface area contributed by atoms with Crippen molar-refractivity contribution in [3.8, 4) is 6.07 Å². The van der Waals surface area contributed by atoms with E-state index in [1.165, 1.54) is 22.2 Å². The van der Waals surface area contributed by atoms with E-state index >= 15 is 0 Å². The number of amides is 1. The van der Waals surface area contributed by atoms with E-state index < -0.39 is 5.97 Å². The number of piperidine rings is 1. The summed E-state index contributed by atoms with van der Waals surface area (Å²) in [5.41, 5.74) is 1.61. The standard InChI is InChI=1S/C21H20N4O2S2.C2H4O2/c1-24-19(26)17(29-21(24)28)12-18-23-16(13-22)20(27-18)25-9-7-15(8-10-25)11-14-5-3-2-4-6-14;1-2(3)4/h2-6,12,15H,7-11H2,1H3;1H3,(H,3,4)/b17-12-;. The number of anilines is 1. The summed E-state index contributed by atoms with van der Waals surface area (Å²) < 4.78 is 6.36. The lowest BCUT2D eigenvalue weighted by Gasteiger charge is -2.31. The summed E-state index contributed by atoms with van der Waals surface area (Å²) in [4.78, 5) is 29.4. The number of hydrogen-bond donors (Lipinski definition) is 1. The SMILES string of the molecule is CC(=O)O.CN1C(=O)/C(=C/c2nc(C#N)c(N3CCC(Cc4ccccc4)CC3)o2)SC1=S. The van der Waals surface area contributed by atoms with Gasteiger partial charge in [0.05, 0.1) is 4.91 Å². The van der Waals surface area contributed by atoms with Gasteiger partial charge in [0.1, 0.15) is 10.4 Å². The smallest absolute Gasteiger partial charge is 0.300 e. The first kappa shape index (κ1) is 24.5. The van der Waals surface area contributed by atoms with Crippen molar-refractivity contribution < 1.29 is 19.1 Å². The third-order valence-corrected chi connectivity index (χ3v) is 6.73. The fourth-order valence-corrected chi connectivity index (χ4v) is 4.77. The number of oxazole rings is 1. The molecule has 8 nitrogen and oxygen atoms in total. The number of carbonyl (C=O) groups excluding carboxylic acids is 1. The third kappa shape index (κ3) is 6.43. The number of thioether (sulfide) groups is 1. The van der Waals surface area contributed by atoms with E-state index in [0.717, 1.165) is 39.3 Å². The zero-order chi connectivity index (χ0) is 24.0. The molecule has 3 heterocycles. The summed E-state index contributed by atoms with van der Waals surface area (Å²) in [6.07, 6.45) is 4.70. The van der Waals surface area contributed by atoms with Crippen LogP contribution in [0.5, 0.6) is 0 Å². The van der Waals surface area contributed by atoms with Crippen molar-refractivity contribution in [2.75, 3.05) is 25.0 Å². The normalized spacial score (nSPS) is 17.7. The predicted octanol–water partition coefficient (Wildman–Crippen LogP) is 3.93. The maximum atomic E-state index is 12.2. The quantitative estimate of drug-likeness (QED) is 0.510. The van der Waals surface area contributed by atoms with Crippen molar-refractivity contribution >= 4 is 52.1 Å². The summed E-state index contributed by atoms with van der Waals surface area (Å²) in [7, 11) is 1.64. The number of carboxylic acids is 1. The van der Waals surface area contributed by atoms with E-state index in [1.54, 1.807) is 13.1 Å². The van der Waals surface area contributed by atoms with Crippen molar-refractivity contribution in [1.29, 1.82) is 5.26 Å². The Balaban J connectivity index is 0.000000709. The molecule has 2 aliphatic heterocycles. The Morgan fingerprint density at radius 1 is 1.36 bits per heavy atom. The summed E-state index contributed by atoms with van der Waals surface area (Å²) in [6.45, 7) is 2.72. The van der Waals surface area contributed by atoms with Crippen LogP contribution < -0.4 is 4.90 Å². The monoisotopic (exact) mass is 484 g/mol. The van der Waals surface area contributed by atoms with Gasteiger partial charge in [-0.1, -0.05) is 54.3 Å². The summed E-state index contributed by atoms with van der Waals surface area (Å²) in [5.74, 6) is 0.355. The Kier molecular flexibility index (Phi) is 8.25. The molecule has 2 aromatic rings. The fraction of sp³-hybridized carbons (Fsp3) is 0.348. The molecule has 2 aliphatic rings. The van der Waals surface area contributed by atoms with Crippen LogP contribution >= 0.6 is 24.0 Å². The molecule has 1 amide bonds. The summed E-state index contributed by atoms with van der Waals surface area (Å²) in [5, 5.41) is 16.9. The zero-order valence-electron chi connectivity index (χ0n) is 18.4. The average Bonchev–Trinajstić information content (AvgIpc) is 3.31. The Labute approximate surface area is 201 Å². The molecule has 2 saturated heterocycles. The Bertz CT molecular complexity index is 1100. The fourth-order valence-electron chi connectivity index (χ4n) is 3.62. The molecule has 0 saturated carbocycles. The number of carboxylic acid groups (broad SMARTS) is 1. The van der Waals surface area contributed by atoms with Gasteiger partial charge in [-0.3, -0.25) is 14.5 Å². The van der Waals surface area contributed by atoms with Gasteiger partial charge >= 0.3 is 0 Å². The molecule has 0 aliphatic carbocycles. The van der Waals surface area contributed by atoms with Gasteiger partial charge in [0.2, 0.25) is 17.5 Å². The number of thiocarbonyl (C=S) groups is 1. The number of nitriles is 1. The molecule has 1 aromatic carbocycles. The minimum absolute atomic E-state index is 0.181. The summed E-state index contributed by atoms with van der Waals surface area (Å²) in [6, 6.07) is 12.6. The maximum absolute atomic E-state index is 12.2. The second-order valence-corrected chi connectivity index (χ2v) is 9.37. The van der Waals surface area contributed by atoms with E-state index in [2.05, 4.69) is 40.2 Å². The molecule has 0 radical (unpaired) electrons. The number of aliphatic carboxylic acids is 1. The van der Waals surface area contributed by atoms with Gasteiger partial charge in [0, 0.05) is 33.1 Å². The number of rotatable bonds is 4. The molecule has 0 atom stereocenters. The highest BCUT2D eigenvalue weighted by atomic mass is 32.2. The Morgan fingerprint density at radius 3 is 2.55 bits per heavy atom. The number of nitrogens with zero attached hydrogens (tertiary/aromatic N) is 4. The number of hydrogen-bond acceptors (Lipinski definition) is 8. The molecule has 0 spiro atoms. The minimum Gasteiger partial charge on any atom is -0.481 e. The molecule has 0 unspecified atom stereocenters. The van der Waals surface area contributed by atoms with Crippen LogP contribution in [0.1, 0.15) is 36.9 Å². The molecule has 2 fully saturated rings. The van der Waals surface area contributed by atoms with Crippen LogP contribution in [-0.4, -0.2) is 51.3 Å². The molecule has 172 valence electrons. The van der Waals surface area contributed by atoms with Crippen molar-refractivity contribution in [2.45, 2.75) is 26.2 Å². The topological polar surface area (TPSA) is 111 Å². The largest absolute Gasteiger partial charge is 0.481 e. The van der Waals surface area contributed by atoms with Crippen LogP contribution in [-0.2, 0) is 16.0 Å². The van der Waals surface area contributed by atoms with E-state index in [4.69, 9.17) is 26.5 Å². The van der Waals surface area contributed by atoms with Crippen LogP contribution in [0, 0.1) is 17.2 Å². The lowest BCUT2D eigenvalue weighted by atomic mass is 9.90. The lowest BCUT2D eigenvalue weighted by molar-refractivity contribution is -0.134. The average molecular weight is 485 g/mol. The van der Waals surface area contributed by atoms with Gasteiger partial charge in [0.15, 0.2) is 0 Å². The number of carbonyl (C=O) groups is 2. The van der Waals surface area contributed by atoms with E-state index in [1.807, 2.05) is 6.07 Å². The van der Waals surface area contributed by atoms with Crippen LogP contribution in [0.15, 0.2) is 39.7 Å². The predicted molar refractivity (Wildman–Crippen MR) is 131 cm³/mol. The number of aromatic nitrogens is 1. The van der Waals surface area contributed by atoms with Crippen LogP contribution in [0.3, 0.4) is 0 Å². The van der Waals surface area contributed by atoms with E-state index in [-0.39, 0.29) is 17.5 Å². The second kappa shape index (κ2) is 11.1. The lowest BCUT2D eigenvalue weighted by Crippen LogP contribution is -2.34. The minimum atomic E-state index is -0.833. The number of benzene rings is 1. The van der Waals surface area contributed by atoms with Gasteiger partial charge in [0.25, 0.3) is 11.9 Å². The molecule has 33 heavy (non-hydrogen) atoms. The maximum Gasteiger partial charge on any atom is 0.300 e. The van der Waals surface area contributed by atoms with Gasteiger partial charge in [-0.05, 0) is 30.7 Å². The first-order valence-electron chi connectivity index (χ1n) is 10.4. The Hall–Kier alpha value is -3.16. The van der Waals surface area contributed by atoms with Gasteiger partial charge < -0.3 is 14.4 Å². The van der Waals surface area contributed by atoms with Gasteiger partial charge in [-0.15, -0.1) is 0 Å². The van der Waals surface area contributed by atoms with E-state index in [0.29, 0.717) is 21.0 Å². The van der Waals surface area contributed by atoms with Gasteiger partial charge in [-0.25, -0.2) is 0 Å². The molecular formula is C23H24N4O4S2. The van der Waals surface area contributed by atoms with Gasteiger partial charge in [-0.2, -0.15) is 10.2 Å². The van der Waals surface area contributed by atoms with Crippen LogP contribution in [0.4, 0.5) is 5.88 Å². The molecule has 1 aromatic heterocycles. The molecule has 0 bridgehead atoms.